The fourth-order valence-corrected chi connectivity index (χ4v) is 9.90. The fraction of sp³-hybridized carbons (Fsp3) is 0.226. The Labute approximate surface area is 229 Å². The van der Waals surface area contributed by atoms with Crippen molar-refractivity contribution in [1.82, 2.24) is 0 Å². The van der Waals surface area contributed by atoms with Gasteiger partial charge in [0, 0.05) is 0 Å². The average Bonchev–Trinajstić information content (AvgIpc) is 2.99. The molecule has 2 aliphatic rings. The zero-order chi connectivity index (χ0) is 26.8. The smallest absolute Gasteiger partial charge is 0.307 e. The van der Waals surface area contributed by atoms with Crippen molar-refractivity contribution in [2.45, 2.75) is 11.3 Å². The lowest BCUT2D eigenvalue weighted by Gasteiger charge is -2.45. The average molecular weight is 561 g/mol. The van der Waals surface area contributed by atoms with Gasteiger partial charge in [0.05, 0.1) is 31.8 Å². The van der Waals surface area contributed by atoms with E-state index >= 15 is 0 Å². The molecule has 0 atom stereocenters. The zero-order valence-electron chi connectivity index (χ0n) is 21.4. The predicted octanol–water partition coefficient (Wildman–Crippen LogP) is 8.03. The third-order valence-corrected chi connectivity index (χ3v) is 11.7. The van der Waals surface area contributed by atoms with E-state index in [-0.39, 0.29) is 26.4 Å². The van der Waals surface area contributed by atoms with Crippen molar-refractivity contribution in [3.8, 4) is 0 Å². The molecule has 0 amide bonds. The highest BCUT2D eigenvalue weighted by Crippen LogP contribution is 2.70. The van der Waals surface area contributed by atoms with Gasteiger partial charge in [0.25, 0.3) is 0 Å². The van der Waals surface area contributed by atoms with E-state index in [4.69, 9.17) is 18.1 Å². The molecule has 2 heterocycles. The van der Waals surface area contributed by atoms with Crippen LogP contribution in [-0.2, 0) is 27.2 Å². The predicted molar refractivity (Wildman–Crippen MR) is 151 cm³/mol. The topological polar surface area (TPSA) is 71.1 Å². The maximum absolute atomic E-state index is 14.2. The molecule has 0 aliphatic carbocycles. The molecule has 2 saturated heterocycles. The molecule has 6 rings (SSSR count). The van der Waals surface area contributed by atoms with Crippen LogP contribution in [0.3, 0.4) is 0 Å². The highest BCUT2D eigenvalue weighted by Gasteiger charge is 2.53. The lowest BCUT2D eigenvalue weighted by molar-refractivity contribution is -0.0703. The molecule has 0 bridgehead atoms. The third-order valence-electron chi connectivity index (χ3n) is 7.30. The summed E-state index contributed by atoms with van der Waals surface area (Å²) in [6.45, 7) is 0.452. The molecule has 4 aromatic rings. The molecule has 0 radical (unpaired) electrons. The van der Waals surface area contributed by atoms with Gasteiger partial charge < -0.3 is 18.1 Å². The summed E-state index contributed by atoms with van der Waals surface area (Å²) >= 11 is 0. The first-order chi connectivity index (χ1) is 19.0. The second kappa shape index (κ2) is 11.0. The highest BCUT2D eigenvalue weighted by atomic mass is 31.2. The minimum absolute atomic E-state index is 0.113. The van der Waals surface area contributed by atoms with Gasteiger partial charge in [-0.15, -0.1) is 0 Å². The normalized spacial score (nSPS) is 27.1. The lowest BCUT2D eigenvalue weighted by Crippen LogP contribution is -2.46. The lowest BCUT2D eigenvalue weighted by atomic mass is 9.93. The van der Waals surface area contributed by atoms with Crippen LogP contribution in [0.1, 0.15) is 33.6 Å². The quantitative estimate of drug-likeness (QED) is 0.222. The molecule has 0 N–H and O–H groups in total. The van der Waals surface area contributed by atoms with Crippen molar-refractivity contribution >= 4 is 15.2 Å². The molecule has 200 valence electrons. The summed E-state index contributed by atoms with van der Waals surface area (Å²) in [5, 5.41) is 0. The maximum Gasteiger partial charge on any atom is 0.342 e. The first-order valence-corrected chi connectivity index (χ1v) is 16.2. The Morgan fingerprint density at radius 3 is 0.897 bits per heavy atom. The second-order valence-corrected chi connectivity index (χ2v) is 14.3. The van der Waals surface area contributed by atoms with Crippen LogP contribution in [0.15, 0.2) is 121 Å². The van der Waals surface area contributed by atoms with Crippen molar-refractivity contribution < 1.29 is 27.2 Å². The summed E-state index contributed by atoms with van der Waals surface area (Å²) in [6.07, 6.45) is 0. The zero-order valence-corrected chi connectivity index (χ0v) is 23.2. The molecule has 6 nitrogen and oxygen atoms in total. The molecular formula is C31H30O6P2. The molecule has 8 heteroatoms. The van der Waals surface area contributed by atoms with Crippen LogP contribution in [0.25, 0.3) is 0 Å². The monoisotopic (exact) mass is 560 g/mol. The van der Waals surface area contributed by atoms with E-state index in [1.165, 1.54) is 0 Å². The van der Waals surface area contributed by atoms with Crippen LogP contribution >= 0.6 is 15.2 Å². The number of hydrogen-bond acceptors (Lipinski definition) is 6. The fourth-order valence-electron chi connectivity index (χ4n) is 5.19. The van der Waals surface area contributed by atoms with Gasteiger partial charge >= 0.3 is 15.2 Å². The van der Waals surface area contributed by atoms with Crippen molar-refractivity contribution in [2.24, 2.45) is 5.41 Å². The number of hydrogen-bond donors (Lipinski definition) is 0. The molecule has 2 aliphatic heterocycles. The van der Waals surface area contributed by atoms with Gasteiger partial charge in [-0.2, -0.15) is 0 Å². The first kappa shape index (κ1) is 26.4. The highest BCUT2D eigenvalue weighted by molar-refractivity contribution is 7.55. The number of rotatable bonds is 6. The van der Waals surface area contributed by atoms with Gasteiger partial charge in [0.1, 0.15) is 11.3 Å². The van der Waals surface area contributed by atoms with Crippen LogP contribution in [0.5, 0.6) is 0 Å². The van der Waals surface area contributed by atoms with Crippen molar-refractivity contribution in [3.05, 3.63) is 144 Å². The summed E-state index contributed by atoms with van der Waals surface area (Å²) < 4.78 is 52.8. The van der Waals surface area contributed by atoms with Crippen LogP contribution in [-0.4, -0.2) is 26.4 Å². The standard InChI is InChI=1S/C31H30O6P2/c32-38(29(25-13-5-1-6-14-25)26-15-7-2-8-16-26)34-21-31(22-35-38)23-36-39(33,37-24-31)30(27-17-9-3-10-18-27)28-19-11-4-12-20-28/h1-20,29-30H,21-24H2. The third kappa shape index (κ3) is 5.34. The second-order valence-electron chi connectivity index (χ2n) is 10.1. The van der Waals surface area contributed by atoms with Crippen LogP contribution < -0.4 is 0 Å². The van der Waals surface area contributed by atoms with Crippen LogP contribution in [0.4, 0.5) is 0 Å². The largest absolute Gasteiger partial charge is 0.342 e. The maximum atomic E-state index is 14.2. The van der Waals surface area contributed by atoms with E-state index in [0.717, 1.165) is 22.3 Å². The Hall–Kier alpha value is -2.82. The van der Waals surface area contributed by atoms with Gasteiger partial charge in [-0.25, -0.2) is 0 Å². The molecule has 1 spiro atoms. The molecule has 0 aromatic heterocycles. The SMILES string of the molecule is O=P1(C(c2ccccc2)c2ccccc2)OCC2(CO1)COP(=O)(C(c1ccccc1)c1ccccc1)OC2. The van der Waals surface area contributed by atoms with Gasteiger partial charge in [-0.3, -0.25) is 9.13 Å². The summed E-state index contributed by atoms with van der Waals surface area (Å²) in [6, 6.07) is 38.5. The van der Waals surface area contributed by atoms with E-state index < -0.39 is 31.9 Å². The molecule has 0 saturated carbocycles. The van der Waals surface area contributed by atoms with Crippen LogP contribution in [0.2, 0.25) is 0 Å². The molecule has 0 unspecified atom stereocenters. The summed E-state index contributed by atoms with van der Waals surface area (Å²) in [4.78, 5) is 0. The Bertz CT molecular complexity index is 1260. The van der Waals surface area contributed by atoms with E-state index in [1.54, 1.807) is 0 Å². The van der Waals surface area contributed by atoms with Gasteiger partial charge in [0.15, 0.2) is 0 Å². The van der Waals surface area contributed by atoms with Crippen molar-refractivity contribution in [2.75, 3.05) is 26.4 Å². The van der Waals surface area contributed by atoms with E-state index in [9.17, 15) is 9.13 Å². The van der Waals surface area contributed by atoms with Gasteiger partial charge in [-0.1, -0.05) is 121 Å². The summed E-state index contributed by atoms with van der Waals surface area (Å²) in [5.41, 5.74) is 1.60. The minimum Gasteiger partial charge on any atom is -0.307 e. The molecule has 4 aromatic carbocycles. The van der Waals surface area contributed by atoms with Crippen LogP contribution in [0, 0.1) is 5.41 Å². The Kier molecular flexibility index (Phi) is 7.43. The first-order valence-electron chi connectivity index (χ1n) is 13.0. The summed E-state index contributed by atoms with van der Waals surface area (Å²) in [5.74, 6) is 0. The molecule has 39 heavy (non-hydrogen) atoms. The van der Waals surface area contributed by atoms with E-state index in [2.05, 4.69) is 0 Å². The Morgan fingerprint density at radius 1 is 0.436 bits per heavy atom. The van der Waals surface area contributed by atoms with E-state index in [1.807, 2.05) is 121 Å². The molecular weight excluding hydrogens is 530 g/mol. The molecule has 2 fully saturated rings. The van der Waals surface area contributed by atoms with E-state index in [0.29, 0.717) is 0 Å². The number of benzene rings is 4. The Morgan fingerprint density at radius 2 is 0.667 bits per heavy atom. The summed E-state index contributed by atoms with van der Waals surface area (Å²) in [7, 11) is -7.17. The van der Waals surface area contributed by atoms with Gasteiger partial charge in [0.2, 0.25) is 0 Å². The minimum atomic E-state index is -3.59. The van der Waals surface area contributed by atoms with Crippen molar-refractivity contribution in [3.63, 3.8) is 0 Å². The van der Waals surface area contributed by atoms with Crippen molar-refractivity contribution in [1.29, 1.82) is 0 Å². The van der Waals surface area contributed by atoms with Gasteiger partial charge in [-0.05, 0) is 22.3 Å². The Balaban J connectivity index is 1.22.